The molecule has 8 amide bonds. The number of hydrogen-bond donors (Lipinski definition) is 14. The van der Waals surface area contributed by atoms with Crippen molar-refractivity contribution in [1.82, 2.24) is 62.1 Å². The van der Waals surface area contributed by atoms with E-state index in [9.17, 15) is 53.4 Å². The second-order valence-corrected chi connectivity index (χ2v) is 22.2. The zero-order valence-corrected chi connectivity index (χ0v) is 49.0. The fourth-order valence-electron chi connectivity index (χ4n) is 9.71. The van der Waals surface area contributed by atoms with Crippen LogP contribution in [0.1, 0.15) is 103 Å². The van der Waals surface area contributed by atoms with Crippen LogP contribution in [-0.2, 0) is 68.8 Å². The number of H-pyrrole nitrogens is 2. The van der Waals surface area contributed by atoms with Crippen molar-refractivity contribution in [2.24, 2.45) is 39.9 Å². The third-order valence-corrected chi connectivity index (χ3v) is 14.6. The Morgan fingerprint density at radius 1 is 0.659 bits per heavy atom. The van der Waals surface area contributed by atoms with Gasteiger partial charge in [0.05, 0.1) is 18.7 Å². The van der Waals surface area contributed by atoms with Crippen LogP contribution in [0.3, 0.4) is 0 Å². The highest BCUT2D eigenvalue weighted by Crippen LogP contribution is 2.22. The van der Waals surface area contributed by atoms with Crippen LogP contribution in [0.15, 0.2) is 84.6 Å². The van der Waals surface area contributed by atoms with Crippen LogP contribution in [0.2, 0.25) is 0 Å². The summed E-state index contributed by atoms with van der Waals surface area (Å²) in [6.07, 6.45) is 6.94. The number of aliphatic carboxylic acids is 1. The number of carbonyl (C=O) groups excluding carboxylic acids is 8. The molecule has 0 spiro atoms. The molecule has 2 aromatic heterocycles. The highest BCUT2D eigenvalue weighted by Gasteiger charge is 2.41. The number of carboxylic acid groups (broad SMARTS) is 1. The number of likely N-dealkylation sites (tertiary alicyclic amines) is 1. The van der Waals surface area contributed by atoms with Crippen molar-refractivity contribution in [2.45, 2.75) is 160 Å². The first-order chi connectivity index (χ1) is 40.4. The largest absolute Gasteiger partial charge is 0.508 e. The van der Waals surface area contributed by atoms with Crippen molar-refractivity contribution in [3.63, 3.8) is 0 Å². The molecule has 1 fully saturated rings. The minimum atomic E-state index is -1.35. The van der Waals surface area contributed by atoms with Crippen molar-refractivity contribution in [2.75, 3.05) is 13.1 Å². The number of carbonyl (C=O) groups is 9. The number of phenols is 1. The van der Waals surface area contributed by atoms with Gasteiger partial charge in [-0.2, -0.15) is 0 Å². The molecule has 0 bridgehead atoms. The van der Waals surface area contributed by atoms with Crippen LogP contribution in [-0.4, -0.2) is 162 Å². The summed E-state index contributed by atoms with van der Waals surface area (Å²) < 4.78 is 0. The number of nitrogens with two attached hydrogens (primary N) is 3. The second kappa shape index (κ2) is 32.8. The van der Waals surface area contributed by atoms with Crippen molar-refractivity contribution in [1.29, 1.82) is 0 Å². The lowest BCUT2D eigenvalue weighted by Crippen LogP contribution is -2.62. The Labute approximate surface area is 494 Å². The highest BCUT2D eigenvalue weighted by atomic mass is 16.4. The first-order valence-electron chi connectivity index (χ1n) is 28.7. The molecule has 0 unspecified atom stereocenters. The predicted octanol–water partition coefficient (Wildman–Crippen LogP) is -0.293. The van der Waals surface area contributed by atoms with Gasteiger partial charge >= 0.3 is 5.97 Å². The van der Waals surface area contributed by atoms with Gasteiger partial charge in [0.25, 0.3) is 0 Å². The van der Waals surface area contributed by atoms with E-state index < -0.39 is 119 Å². The van der Waals surface area contributed by atoms with E-state index in [2.05, 4.69) is 62.1 Å². The molecule has 10 atom stereocenters. The van der Waals surface area contributed by atoms with Gasteiger partial charge in [-0.1, -0.05) is 90.4 Å². The number of aliphatic imine (C=N–C) groups is 1. The molecular formula is C58H84N16O11. The van der Waals surface area contributed by atoms with Gasteiger partial charge in [0.15, 0.2) is 5.96 Å². The number of aromatic nitrogens is 4. The molecule has 0 saturated carbocycles. The van der Waals surface area contributed by atoms with Crippen LogP contribution in [0.25, 0.3) is 0 Å². The summed E-state index contributed by atoms with van der Waals surface area (Å²) in [4.78, 5) is 146. The lowest BCUT2D eigenvalue weighted by molar-refractivity contribution is -0.143. The van der Waals surface area contributed by atoms with E-state index >= 15 is 0 Å². The van der Waals surface area contributed by atoms with Gasteiger partial charge in [-0.3, -0.25) is 43.3 Å². The maximum atomic E-state index is 15.0. The number of nitrogens with zero attached hydrogens (tertiary/aromatic N) is 4. The Morgan fingerprint density at radius 3 is 1.73 bits per heavy atom. The average Bonchev–Trinajstić information content (AvgIpc) is 4.49. The zero-order valence-electron chi connectivity index (χ0n) is 49.0. The quantitative estimate of drug-likeness (QED) is 0.0166. The Balaban J connectivity index is 1.38. The summed E-state index contributed by atoms with van der Waals surface area (Å²) >= 11 is 0. The number of aromatic hydroxyl groups is 1. The van der Waals surface area contributed by atoms with Gasteiger partial charge in [-0.25, -0.2) is 14.8 Å². The number of guanidine groups is 1. The Kier molecular flexibility index (Phi) is 25.8. The van der Waals surface area contributed by atoms with Crippen LogP contribution < -0.4 is 54.4 Å². The normalized spacial score (nSPS) is 16.2. The van der Waals surface area contributed by atoms with Crippen LogP contribution in [0.4, 0.5) is 0 Å². The van der Waals surface area contributed by atoms with Gasteiger partial charge in [0.2, 0.25) is 47.3 Å². The third kappa shape index (κ3) is 21.1. The number of benzene rings is 2. The topological polar surface area (TPSA) is 429 Å². The summed E-state index contributed by atoms with van der Waals surface area (Å²) in [6.45, 7) is 10.9. The van der Waals surface area contributed by atoms with Gasteiger partial charge in [-0.05, 0) is 73.1 Å². The molecule has 462 valence electrons. The van der Waals surface area contributed by atoms with Crippen molar-refractivity contribution in [3.8, 4) is 5.75 Å². The predicted molar refractivity (Wildman–Crippen MR) is 314 cm³/mol. The number of phenolic OH excluding ortho intramolecular Hbond substituents is 1. The number of imidazole rings is 2. The lowest BCUT2D eigenvalue weighted by atomic mass is 9.96. The number of amides is 8. The molecular weight excluding hydrogens is 1100 g/mol. The van der Waals surface area contributed by atoms with E-state index in [0.717, 1.165) is 0 Å². The summed E-state index contributed by atoms with van der Waals surface area (Å²) in [5.41, 5.74) is 19.1. The van der Waals surface area contributed by atoms with Crippen LogP contribution in [0.5, 0.6) is 5.75 Å². The van der Waals surface area contributed by atoms with Crippen molar-refractivity contribution in [3.05, 3.63) is 102 Å². The Morgan fingerprint density at radius 2 is 1.18 bits per heavy atom. The molecule has 0 radical (unpaired) electrons. The van der Waals surface area contributed by atoms with E-state index in [-0.39, 0.29) is 75.7 Å². The smallest absolute Gasteiger partial charge is 0.326 e. The molecule has 3 heterocycles. The van der Waals surface area contributed by atoms with Gasteiger partial charge in [-0.15, -0.1) is 0 Å². The summed E-state index contributed by atoms with van der Waals surface area (Å²) in [5, 5.41) is 39.2. The van der Waals surface area contributed by atoms with E-state index in [1.807, 2.05) is 13.8 Å². The summed E-state index contributed by atoms with van der Waals surface area (Å²) in [6, 6.07) is 3.56. The van der Waals surface area contributed by atoms with Crippen LogP contribution >= 0.6 is 0 Å². The molecule has 27 nitrogen and oxygen atoms in total. The Hall–Kier alpha value is -8.88. The molecule has 17 N–H and O–H groups in total. The van der Waals surface area contributed by atoms with Crippen molar-refractivity contribution < 1.29 is 53.4 Å². The number of carboxylic acids is 1. The molecule has 4 aromatic rings. The summed E-state index contributed by atoms with van der Waals surface area (Å²) in [7, 11) is 0. The second-order valence-electron chi connectivity index (χ2n) is 22.2. The molecule has 85 heavy (non-hydrogen) atoms. The number of aromatic amines is 2. The first-order valence-corrected chi connectivity index (χ1v) is 28.7. The highest BCUT2D eigenvalue weighted by molar-refractivity contribution is 5.98. The van der Waals surface area contributed by atoms with Gasteiger partial charge < -0.3 is 79.5 Å². The molecule has 1 saturated heterocycles. The fourth-order valence-corrected chi connectivity index (χ4v) is 9.71. The molecule has 1 aliphatic heterocycles. The van der Waals surface area contributed by atoms with Crippen molar-refractivity contribution >= 4 is 59.2 Å². The van der Waals surface area contributed by atoms with Gasteiger partial charge in [0, 0.05) is 62.6 Å². The molecule has 1 aliphatic rings. The molecule has 27 heteroatoms. The Bertz CT molecular complexity index is 2870. The monoisotopic (exact) mass is 1180 g/mol. The third-order valence-electron chi connectivity index (χ3n) is 14.6. The maximum Gasteiger partial charge on any atom is 0.326 e. The van der Waals surface area contributed by atoms with E-state index in [1.165, 1.54) is 42.1 Å². The van der Waals surface area contributed by atoms with E-state index in [4.69, 9.17) is 17.2 Å². The molecule has 2 aromatic carbocycles. The average molecular weight is 1180 g/mol. The minimum Gasteiger partial charge on any atom is -0.508 e. The molecule has 5 rings (SSSR count). The van der Waals surface area contributed by atoms with Crippen LogP contribution in [0, 0.1) is 17.8 Å². The molecule has 0 aliphatic carbocycles. The fraction of sp³-hybridized carbons (Fsp3) is 0.517. The number of nitrogens with one attached hydrogen (secondary N) is 9. The SMILES string of the molecule is CC[C@H](C)[C@H](NC(=O)[C@H](Cc1ccc(O)cc1)NC(=O)[C@@H](NC(=O)[C@@H](N)CCCN=C(N)N)C(C)C)C(=O)N[C@@H](Cc1cnc[nH]1)C(=O)N1CCC[C@H]1C(=O)N[C@@H](Cc1ccccc1)C(=O)N[C@H](Cc1cnc[nH]1)C(=O)N[C@@H](CC(C)C)C(=O)O. The number of rotatable bonds is 33. The van der Waals surface area contributed by atoms with Gasteiger partial charge in [0.1, 0.15) is 54.1 Å². The first kappa shape index (κ1) is 66.9. The minimum absolute atomic E-state index is 0.0415. The zero-order chi connectivity index (χ0) is 62.3. The maximum absolute atomic E-state index is 15.0. The number of hydrogen-bond acceptors (Lipinski definition) is 14. The lowest BCUT2D eigenvalue weighted by Gasteiger charge is -2.32. The van der Waals surface area contributed by atoms with E-state index in [1.54, 1.807) is 70.2 Å². The standard InChI is InChI=1S/C58H84N16O11/c1-7-34(6)48(73-52(79)42(25-36-17-19-39(75)20-18-36)69-54(81)47(33(4)5)72-49(76)40(59)15-11-21-64-58(60)61)55(82)70-44(27-38-29-63-31-66-38)56(83)74-22-12-16-46(74)53(80)68-41(24-35-13-9-8-10-14-35)50(77)67-43(26-37-28-62-30-65-37)51(78)71-45(57(84)85)23-32(2)3/h8-10,13-14,17-20,28-34,40-48,75H,7,11-12,15-16,21-27,59H2,1-6H3,(H,62,65)(H,63,66)(H,67,77)(H,68,80)(H,69,81)(H,70,82)(H,71,78)(H,72,76)(H,73,79)(H,84,85)(H4,60,61,64)/t34-,40-,41-,42-,43+,44-,45-,46-,47-,48-/m0/s1. The summed E-state index contributed by atoms with van der Waals surface area (Å²) in [5.74, 6) is -8.30. The van der Waals surface area contributed by atoms with E-state index in [0.29, 0.717) is 41.8 Å².